The molecular formula is C23H22FN3O6. The molecule has 2 aromatic rings. The molecule has 10 heteroatoms. The van der Waals surface area contributed by atoms with E-state index >= 15 is 0 Å². The van der Waals surface area contributed by atoms with E-state index in [1.807, 2.05) is 0 Å². The second-order valence-electron chi connectivity index (χ2n) is 8.55. The first-order chi connectivity index (χ1) is 15.8. The van der Waals surface area contributed by atoms with Gasteiger partial charge in [0.25, 0.3) is 0 Å². The molecule has 2 unspecified atom stereocenters. The first-order valence-corrected chi connectivity index (χ1v) is 10.5. The predicted molar refractivity (Wildman–Crippen MR) is 113 cm³/mol. The van der Waals surface area contributed by atoms with Crippen molar-refractivity contribution >= 4 is 23.4 Å². The van der Waals surface area contributed by atoms with Crippen LogP contribution in [0.2, 0.25) is 0 Å². The molecule has 5 rings (SSSR count). The molecule has 1 spiro atoms. The van der Waals surface area contributed by atoms with Gasteiger partial charge < -0.3 is 20.3 Å². The highest BCUT2D eigenvalue weighted by atomic mass is 19.1. The Labute approximate surface area is 188 Å². The van der Waals surface area contributed by atoms with Crippen LogP contribution in [0.1, 0.15) is 11.1 Å². The van der Waals surface area contributed by atoms with Crippen molar-refractivity contribution in [2.45, 2.75) is 18.0 Å². The smallest absolute Gasteiger partial charge is 0.250 e. The summed E-state index contributed by atoms with van der Waals surface area (Å²) in [5, 5.41) is 25.4. The lowest BCUT2D eigenvalue weighted by Crippen LogP contribution is -2.53. The number of carbonyl (C=O) groups excluding carboxylic acids is 3. The van der Waals surface area contributed by atoms with Crippen molar-refractivity contribution in [1.82, 2.24) is 10.2 Å². The summed E-state index contributed by atoms with van der Waals surface area (Å²) in [6, 6.07) is 7.47. The number of fused-ring (bicyclic) bond motifs is 4. The van der Waals surface area contributed by atoms with Gasteiger partial charge in [0.15, 0.2) is 11.5 Å². The van der Waals surface area contributed by atoms with E-state index in [0.717, 1.165) is 4.90 Å². The van der Waals surface area contributed by atoms with E-state index < -0.39 is 47.0 Å². The van der Waals surface area contributed by atoms with Gasteiger partial charge in [0.1, 0.15) is 11.4 Å². The number of anilines is 1. The Kier molecular flexibility index (Phi) is 4.87. The Morgan fingerprint density at radius 2 is 1.88 bits per heavy atom. The Morgan fingerprint density at radius 3 is 2.61 bits per heavy atom. The zero-order valence-electron chi connectivity index (χ0n) is 17.7. The third-order valence-corrected chi connectivity index (χ3v) is 6.78. The van der Waals surface area contributed by atoms with Crippen LogP contribution in [0, 0.1) is 17.7 Å². The molecule has 0 aliphatic carbocycles. The van der Waals surface area contributed by atoms with Crippen molar-refractivity contribution in [2.24, 2.45) is 11.8 Å². The van der Waals surface area contributed by atoms with Gasteiger partial charge in [0, 0.05) is 24.4 Å². The molecule has 9 nitrogen and oxygen atoms in total. The van der Waals surface area contributed by atoms with Crippen molar-refractivity contribution in [3.05, 3.63) is 53.3 Å². The minimum atomic E-state index is -1.61. The largest absolute Gasteiger partial charge is 0.504 e. The molecule has 172 valence electrons. The molecule has 2 saturated heterocycles. The lowest BCUT2D eigenvalue weighted by atomic mass is 9.76. The molecule has 0 saturated carbocycles. The summed E-state index contributed by atoms with van der Waals surface area (Å²) < 4.78 is 19.3. The number of aromatic hydroxyl groups is 2. The normalized spacial score (nSPS) is 27.9. The van der Waals surface area contributed by atoms with Crippen LogP contribution in [0.25, 0.3) is 0 Å². The van der Waals surface area contributed by atoms with Crippen LogP contribution in [0.15, 0.2) is 36.4 Å². The third-order valence-electron chi connectivity index (χ3n) is 6.78. The van der Waals surface area contributed by atoms with Gasteiger partial charge in [-0.1, -0.05) is 6.07 Å². The van der Waals surface area contributed by atoms with E-state index in [4.69, 9.17) is 4.74 Å². The molecular weight excluding hydrogens is 433 g/mol. The summed E-state index contributed by atoms with van der Waals surface area (Å²) in [4.78, 5) is 41.2. The third kappa shape index (κ3) is 3.01. The molecule has 3 heterocycles. The summed E-state index contributed by atoms with van der Waals surface area (Å²) in [7, 11) is 1.46. The van der Waals surface area contributed by atoms with Crippen LogP contribution in [-0.2, 0) is 31.1 Å². The quantitative estimate of drug-likeness (QED) is 0.389. The van der Waals surface area contributed by atoms with Crippen molar-refractivity contribution in [2.75, 3.05) is 25.6 Å². The fourth-order valence-electron chi connectivity index (χ4n) is 5.36. The summed E-state index contributed by atoms with van der Waals surface area (Å²) in [5.74, 6) is -4.60. The Balaban J connectivity index is 1.61. The highest BCUT2D eigenvalue weighted by molar-refractivity contribution is 6.15. The summed E-state index contributed by atoms with van der Waals surface area (Å²) >= 11 is 0. The van der Waals surface area contributed by atoms with Crippen LogP contribution in [-0.4, -0.2) is 59.1 Å². The van der Waals surface area contributed by atoms with E-state index in [2.05, 4.69) is 10.6 Å². The molecule has 0 aromatic heterocycles. The number of carbonyl (C=O) groups is 3. The SMILES string of the molecule is COCCN1C(=O)[C@@H]2C(Cc3ccc(O)c(O)c3)NC3(C(=O)Nc4ccc(F)cc43)[C@@H]2C1=O. The number of ether oxygens (including phenoxy) is 1. The van der Waals surface area contributed by atoms with E-state index in [1.54, 1.807) is 6.07 Å². The first-order valence-electron chi connectivity index (χ1n) is 10.5. The molecule has 2 aromatic carbocycles. The van der Waals surface area contributed by atoms with Crippen LogP contribution in [0.3, 0.4) is 0 Å². The van der Waals surface area contributed by atoms with Gasteiger partial charge in [0.05, 0.1) is 25.0 Å². The number of rotatable bonds is 5. The summed E-state index contributed by atoms with van der Waals surface area (Å²) in [6.07, 6.45) is 0.186. The van der Waals surface area contributed by atoms with Gasteiger partial charge in [-0.2, -0.15) is 0 Å². The molecule has 2 fully saturated rings. The van der Waals surface area contributed by atoms with Crippen LogP contribution >= 0.6 is 0 Å². The fraction of sp³-hybridized carbons (Fsp3) is 0.348. The van der Waals surface area contributed by atoms with Crippen LogP contribution in [0.4, 0.5) is 10.1 Å². The van der Waals surface area contributed by atoms with E-state index in [-0.39, 0.29) is 36.6 Å². The number of nitrogens with zero attached hydrogens (tertiary/aromatic N) is 1. The van der Waals surface area contributed by atoms with E-state index in [9.17, 15) is 29.0 Å². The number of nitrogens with one attached hydrogen (secondary N) is 2. The van der Waals surface area contributed by atoms with Crippen LogP contribution in [0.5, 0.6) is 11.5 Å². The second-order valence-corrected chi connectivity index (χ2v) is 8.55. The molecule has 4 atom stereocenters. The Bertz CT molecular complexity index is 1190. The second kappa shape index (κ2) is 7.53. The zero-order chi connectivity index (χ0) is 23.5. The maximum Gasteiger partial charge on any atom is 0.250 e. The number of amides is 3. The maximum atomic E-state index is 14.2. The zero-order valence-corrected chi connectivity index (χ0v) is 17.7. The topological polar surface area (TPSA) is 128 Å². The molecule has 0 radical (unpaired) electrons. The fourth-order valence-corrected chi connectivity index (χ4v) is 5.36. The van der Waals surface area contributed by atoms with Crippen molar-refractivity contribution in [3.63, 3.8) is 0 Å². The van der Waals surface area contributed by atoms with E-state index in [1.165, 1.54) is 37.4 Å². The van der Waals surface area contributed by atoms with E-state index in [0.29, 0.717) is 11.3 Å². The molecule has 3 aliphatic rings. The number of imide groups is 1. The number of hydrogen-bond acceptors (Lipinski definition) is 7. The Morgan fingerprint density at radius 1 is 1.09 bits per heavy atom. The van der Waals surface area contributed by atoms with Crippen molar-refractivity contribution in [1.29, 1.82) is 0 Å². The Hall–Kier alpha value is -3.50. The van der Waals surface area contributed by atoms with Gasteiger partial charge in [-0.25, -0.2) is 4.39 Å². The summed E-state index contributed by atoms with van der Waals surface area (Å²) in [6.45, 7) is 0.187. The standard InChI is InChI=1S/C23H22FN3O6/c1-33-7-6-27-20(30)18-15(8-11-2-5-16(28)17(29)9-11)26-23(19(18)21(27)31)13-10-12(24)3-4-14(13)25-22(23)32/h2-5,9-10,15,18-19,26,28-29H,6-8H2,1H3,(H,25,32)/t15?,18-,19+,23?/m1/s1. The average molecular weight is 455 g/mol. The van der Waals surface area contributed by atoms with Gasteiger partial charge in [-0.15, -0.1) is 0 Å². The minimum Gasteiger partial charge on any atom is -0.504 e. The van der Waals surface area contributed by atoms with Gasteiger partial charge in [-0.3, -0.25) is 24.6 Å². The summed E-state index contributed by atoms with van der Waals surface area (Å²) in [5.41, 5.74) is -0.355. The van der Waals surface area contributed by atoms with Crippen molar-refractivity contribution < 1.29 is 33.7 Å². The average Bonchev–Trinajstić information content (AvgIpc) is 3.34. The van der Waals surface area contributed by atoms with Crippen LogP contribution < -0.4 is 10.6 Å². The number of phenolic OH excluding ortho intramolecular Hbond substituents is 2. The maximum absolute atomic E-state index is 14.2. The predicted octanol–water partition coefficient (Wildman–Crippen LogP) is 0.846. The lowest BCUT2D eigenvalue weighted by Gasteiger charge is -2.29. The molecule has 4 N–H and O–H groups in total. The highest BCUT2D eigenvalue weighted by Gasteiger charge is 2.70. The number of methoxy groups -OCH3 is 1. The minimum absolute atomic E-state index is 0.0432. The van der Waals surface area contributed by atoms with Gasteiger partial charge >= 0.3 is 0 Å². The number of halogens is 1. The molecule has 3 aliphatic heterocycles. The number of likely N-dealkylation sites (tertiary alicyclic amines) is 1. The number of benzene rings is 2. The van der Waals surface area contributed by atoms with Crippen molar-refractivity contribution in [3.8, 4) is 11.5 Å². The molecule has 33 heavy (non-hydrogen) atoms. The van der Waals surface area contributed by atoms with Gasteiger partial charge in [0.2, 0.25) is 17.7 Å². The first kappa shape index (κ1) is 21.4. The monoisotopic (exact) mass is 455 g/mol. The molecule has 3 amide bonds. The number of hydrogen-bond donors (Lipinski definition) is 4. The van der Waals surface area contributed by atoms with Gasteiger partial charge in [-0.05, 0) is 42.3 Å². The lowest BCUT2D eigenvalue weighted by molar-refractivity contribution is -0.143. The number of phenols is 2. The molecule has 0 bridgehead atoms. The highest BCUT2D eigenvalue weighted by Crippen LogP contribution is 2.53.